The van der Waals surface area contributed by atoms with Crippen molar-refractivity contribution in [2.24, 2.45) is 0 Å². The zero-order chi connectivity index (χ0) is 15.2. The molecule has 1 aliphatic heterocycles. The maximum atomic E-state index is 4.61. The Bertz CT molecular complexity index is 580. The molecule has 116 valence electrons. The molecular weight excluding hydrogens is 270 g/mol. The third-order valence-corrected chi connectivity index (χ3v) is 4.36. The molecule has 3 heteroatoms. The van der Waals surface area contributed by atoms with Crippen molar-refractivity contribution in [2.45, 2.75) is 38.6 Å². The van der Waals surface area contributed by atoms with Crippen molar-refractivity contribution < 1.29 is 0 Å². The number of pyridine rings is 1. The number of nitrogens with zero attached hydrogens (tertiary/aromatic N) is 2. The van der Waals surface area contributed by atoms with Crippen LogP contribution in [-0.4, -0.2) is 23.0 Å². The summed E-state index contributed by atoms with van der Waals surface area (Å²) >= 11 is 0. The first-order chi connectivity index (χ1) is 10.9. The molecule has 1 aliphatic rings. The van der Waals surface area contributed by atoms with Gasteiger partial charge in [-0.1, -0.05) is 37.6 Å². The monoisotopic (exact) mass is 295 g/mol. The number of piperidine rings is 1. The van der Waals surface area contributed by atoms with Gasteiger partial charge in [-0.25, -0.2) is 4.98 Å². The summed E-state index contributed by atoms with van der Waals surface area (Å²) in [6.45, 7) is 4.64. The molecule has 2 heterocycles. The predicted octanol–water partition coefficient (Wildman–Crippen LogP) is 4.76. The number of benzene rings is 1. The van der Waals surface area contributed by atoms with E-state index in [0.29, 0.717) is 6.04 Å². The van der Waals surface area contributed by atoms with Gasteiger partial charge in [-0.15, -0.1) is 0 Å². The van der Waals surface area contributed by atoms with E-state index >= 15 is 0 Å². The highest BCUT2D eigenvalue weighted by atomic mass is 15.2. The molecule has 0 amide bonds. The largest absolute Gasteiger partial charge is 0.340 e. The second-order valence-electron chi connectivity index (χ2n) is 5.98. The van der Waals surface area contributed by atoms with Crippen molar-refractivity contribution in [3.8, 4) is 0 Å². The van der Waals surface area contributed by atoms with E-state index in [1.807, 2.05) is 12.3 Å². The number of anilines is 2. The minimum Gasteiger partial charge on any atom is -0.340 e. The Hall–Kier alpha value is -1.87. The van der Waals surface area contributed by atoms with Crippen molar-refractivity contribution in [1.29, 1.82) is 0 Å². The lowest BCUT2D eigenvalue weighted by atomic mass is 9.95. The average Bonchev–Trinajstić information content (AvgIpc) is 2.57. The second kappa shape index (κ2) is 7.41. The summed E-state index contributed by atoms with van der Waals surface area (Å²) in [6, 6.07) is 15.1. The third kappa shape index (κ3) is 3.47. The SMILES string of the molecule is CCCN1CCCC[C@H]1c1cccnc1Nc1ccccc1. The van der Waals surface area contributed by atoms with Crippen molar-refractivity contribution in [3.05, 3.63) is 54.2 Å². The van der Waals surface area contributed by atoms with E-state index in [1.165, 1.54) is 44.3 Å². The van der Waals surface area contributed by atoms with Crippen molar-refractivity contribution in [2.75, 3.05) is 18.4 Å². The van der Waals surface area contributed by atoms with Crippen LogP contribution in [0, 0.1) is 0 Å². The average molecular weight is 295 g/mol. The fourth-order valence-electron chi connectivity index (χ4n) is 3.35. The van der Waals surface area contributed by atoms with Crippen LogP contribution in [0.25, 0.3) is 0 Å². The van der Waals surface area contributed by atoms with Gasteiger partial charge in [0.05, 0.1) is 0 Å². The van der Waals surface area contributed by atoms with Gasteiger partial charge in [0.15, 0.2) is 0 Å². The lowest BCUT2D eigenvalue weighted by molar-refractivity contribution is 0.149. The van der Waals surface area contributed by atoms with Gasteiger partial charge < -0.3 is 5.32 Å². The standard InChI is InChI=1S/C19H25N3/c1-2-14-22-15-7-6-12-18(22)17-11-8-13-20-19(17)21-16-9-4-3-5-10-16/h3-5,8-11,13,18H,2,6-7,12,14-15H2,1H3,(H,20,21)/t18-/m0/s1. The summed E-state index contributed by atoms with van der Waals surface area (Å²) in [7, 11) is 0. The Balaban J connectivity index is 1.86. The first kappa shape index (κ1) is 15.0. The van der Waals surface area contributed by atoms with Crippen LogP contribution in [0.4, 0.5) is 11.5 Å². The van der Waals surface area contributed by atoms with Gasteiger partial charge in [0, 0.05) is 23.5 Å². The maximum absolute atomic E-state index is 4.61. The summed E-state index contributed by atoms with van der Waals surface area (Å²) in [6.07, 6.45) is 6.94. The second-order valence-corrected chi connectivity index (χ2v) is 5.98. The number of likely N-dealkylation sites (tertiary alicyclic amines) is 1. The number of hydrogen-bond donors (Lipinski definition) is 1. The van der Waals surface area contributed by atoms with Crippen molar-refractivity contribution >= 4 is 11.5 Å². The minimum absolute atomic E-state index is 0.494. The molecule has 1 aromatic heterocycles. The Kier molecular flexibility index (Phi) is 5.07. The van der Waals surface area contributed by atoms with Crippen LogP contribution in [-0.2, 0) is 0 Å². The van der Waals surface area contributed by atoms with Gasteiger partial charge in [-0.2, -0.15) is 0 Å². The van der Waals surface area contributed by atoms with Crippen molar-refractivity contribution in [3.63, 3.8) is 0 Å². The number of nitrogens with one attached hydrogen (secondary N) is 1. The number of hydrogen-bond acceptors (Lipinski definition) is 3. The predicted molar refractivity (Wildman–Crippen MR) is 92.4 cm³/mol. The topological polar surface area (TPSA) is 28.2 Å². The van der Waals surface area contributed by atoms with Gasteiger partial charge in [0.2, 0.25) is 0 Å². The van der Waals surface area contributed by atoms with E-state index in [-0.39, 0.29) is 0 Å². The van der Waals surface area contributed by atoms with Crippen molar-refractivity contribution in [1.82, 2.24) is 9.88 Å². The van der Waals surface area contributed by atoms with E-state index < -0.39 is 0 Å². The number of rotatable bonds is 5. The van der Waals surface area contributed by atoms with E-state index in [4.69, 9.17) is 0 Å². The van der Waals surface area contributed by atoms with Gasteiger partial charge in [-0.05, 0) is 50.6 Å². The molecule has 0 unspecified atom stereocenters. The molecule has 3 nitrogen and oxygen atoms in total. The Morgan fingerprint density at radius 1 is 1.14 bits per heavy atom. The fraction of sp³-hybridized carbons (Fsp3) is 0.421. The van der Waals surface area contributed by atoms with Crippen LogP contribution in [0.1, 0.15) is 44.2 Å². The van der Waals surface area contributed by atoms with Gasteiger partial charge >= 0.3 is 0 Å². The van der Waals surface area contributed by atoms with E-state index in [0.717, 1.165) is 11.5 Å². The van der Waals surface area contributed by atoms with E-state index in [9.17, 15) is 0 Å². The highest BCUT2D eigenvalue weighted by Gasteiger charge is 2.25. The molecule has 22 heavy (non-hydrogen) atoms. The van der Waals surface area contributed by atoms with Crippen LogP contribution in [0.5, 0.6) is 0 Å². The molecule has 1 saturated heterocycles. The Morgan fingerprint density at radius 2 is 2.00 bits per heavy atom. The van der Waals surface area contributed by atoms with Crippen LogP contribution < -0.4 is 5.32 Å². The summed E-state index contributed by atoms with van der Waals surface area (Å²) in [5.41, 5.74) is 2.43. The van der Waals surface area contributed by atoms with Crippen LogP contribution in [0.15, 0.2) is 48.7 Å². The number of aromatic nitrogens is 1. The summed E-state index contributed by atoms with van der Waals surface area (Å²) in [5.74, 6) is 1.00. The first-order valence-corrected chi connectivity index (χ1v) is 8.39. The molecule has 1 atom stereocenters. The zero-order valence-electron chi connectivity index (χ0n) is 13.3. The highest BCUT2D eigenvalue weighted by Crippen LogP contribution is 2.35. The Morgan fingerprint density at radius 3 is 2.82 bits per heavy atom. The summed E-state index contributed by atoms with van der Waals surface area (Å²) < 4.78 is 0. The molecule has 0 radical (unpaired) electrons. The lowest BCUT2D eigenvalue weighted by Gasteiger charge is -2.36. The number of para-hydroxylation sites is 1. The molecule has 0 bridgehead atoms. The molecule has 0 spiro atoms. The maximum Gasteiger partial charge on any atom is 0.135 e. The fourth-order valence-corrected chi connectivity index (χ4v) is 3.35. The van der Waals surface area contributed by atoms with Crippen LogP contribution in [0.2, 0.25) is 0 Å². The van der Waals surface area contributed by atoms with E-state index in [1.54, 1.807) is 0 Å². The summed E-state index contributed by atoms with van der Waals surface area (Å²) in [4.78, 5) is 7.23. The molecule has 3 rings (SSSR count). The quantitative estimate of drug-likeness (QED) is 0.861. The third-order valence-electron chi connectivity index (χ3n) is 4.36. The van der Waals surface area contributed by atoms with Gasteiger partial charge in [-0.3, -0.25) is 4.90 Å². The van der Waals surface area contributed by atoms with Gasteiger partial charge in [0.1, 0.15) is 5.82 Å². The molecule has 2 aromatic rings. The highest BCUT2D eigenvalue weighted by molar-refractivity contribution is 5.59. The van der Waals surface area contributed by atoms with Crippen LogP contribution >= 0.6 is 0 Å². The molecule has 0 aliphatic carbocycles. The van der Waals surface area contributed by atoms with E-state index in [2.05, 4.69) is 58.5 Å². The molecule has 1 N–H and O–H groups in total. The molecule has 0 saturated carbocycles. The summed E-state index contributed by atoms with van der Waals surface area (Å²) in [5, 5.41) is 3.49. The van der Waals surface area contributed by atoms with Crippen LogP contribution in [0.3, 0.4) is 0 Å². The minimum atomic E-state index is 0.494. The first-order valence-electron chi connectivity index (χ1n) is 8.39. The smallest absolute Gasteiger partial charge is 0.135 e. The molecular formula is C19H25N3. The Labute approximate surface area is 133 Å². The normalized spacial score (nSPS) is 19.0. The zero-order valence-corrected chi connectivity index (χ0v) is 13.3. The molecule has 1 fully saturated rings. The van der Waals surface area contributed by atoms with Gasteiger partial charge in [0.25, 0.3) is 0 Å². The molecule has 1 aromatic carbocycles. The lowest BCUT2D eigenvalue weighted by Crippen LogP contribution is -2.34.